The highest BCUT2D eigenvalue weighted by molar-refractivity contribution is 7.09. The monoisotopic (exact) mass is 387 g/mol. The number of carbonyl (C=O) groups excluding carboxylic acids is 2. The van der Waals surface area contributed by atoms with Crippen molar-refractivity contribution in [1.29, 1.82) is 0 Å². The molecule has 2 aromatic rings. The number of ether oxygens (including phenoxy) is 1. The highest BCUT2D eigenvalue weighted by Crippen LogP contribution is 2.13. The van der Waals surface area contributed by atoms with Crippen LogP contribution in [0.1, 0.15) is 15.2 Å². The van der Waals surface area contributed by atoms with Crippen LogP contribution >= 0.6 is 11.3 Å². The number of nitrogens with zero attached hydrogens (tertiary/aromatic N) is 2. The minimum Gasteiger partial charge on any atom is -0.465 e. The number of amides is 1. The zero-order valence-electron chi connectivity index (χ0n) is 15.5. The molecule has 0 radical (unpaired) electrons. The number of hydrogen-bond donors (Lipinski definition) is 1. The molecule has 1 aliphatic rings. The second-order valence-electron chi connectivity index (χ2n) is 6.57. The van der Waals surface area contributed by atoms with Crippen molar-refractivity contribution in [3.63, 3.8) is 0 Å². The van der Waals surface area contributed by atoms with Gasteiger partial charge in [0, 0.05) is 43.3 Å². The van der Waals surface area contributed by atoms with Gasteiger partial charge in [0.1, 0.15) is 0 Å². The average Bonchev–Trinajstić information content (AvgIpc) is 3.20. The van der Waals surface area contributed by atoms with E-state index in [-0.39, 0.29) is 5.91 Å². The molecule has 0 aliphatic carbocycles. The van der Waals surface area contributed by atoms with Crippen LogP contribution in [0.15, 0.2) is 41.8 Å². The molecule has 1 aromatic carbocycles. The van der Waals surface area contributed by atoms with Gasteiger partial charge in [-0.05, 0) is 36.1 Å². The van der Waals surface area contributed by atoms with E-state index in [1.165, 1.54) is 12.0 Å². The summed E-state index contributed by atoms with van der Waals surface area (Å²) in [7, 11) is 1.34. The highest BCUT2D eigenvalue weighted by Gasteiger charge is 2.19. The number of benzene rings is 1. The van der Waals surface area contributed by atoms with Crippen LogP contribution in [0.5, 0.6) is 0 Å². The van der Waals surface area contributed by atoms with Crippen molar-refractivity contribution in [3.8, 4) is 0 Å². The number of piperazine rings is 1. The van der Waals surface area contributed by atoms with Gasteiger partial charge >= 0.3 is 5.97 Å². The van der Waals surface area contributed by atoms with Crippen molar-refractivity contribution >= 4 is 28.9 Å². The molecular formula is C20H25N3O3S. The Morgan fingerprint density at radius 2 is 1.89 bits per heavy atom. The molecule has 1 aliphatic heterocycles. The van der Waals surface area contributed by atoms with Gasteiger partial charge in [-0.15, -0.1) is 11.3 Å². The van der Waals surface area contributed by atoms with Crippen LogP contribution in [-0.4, -0.2) is 68.1 Å². The quantitative estimate of drug-likeness (QED) is 0.739. The molecule has 1 amide bonds. The van der Waals surface area contributed by atoms with E-state index in [1.807, 2.05) is 0 Å². The second-order valence-corrected chi connectivity index (χ2v) is 7.60. The van der Waals surface area contributed by atoms with Gasteiger partial charge in [-0.1, -0.05) is 12.1 Å². The predicted octanol–water partition coefficient (Wildman–Crippen LogP) is 2.33. The Kier molecular flexibility index (Phi) is 6.98. The van der Waals surface area contributed by atoms with Crippen molar-refractivity contribution in [2.45, 2.75) is 6.42 Å². The lowest BCUT2D eigenvalue weighted by Crippen LogP contribution is -2.49. The summed E-state index contributed by atoms with van der Waals surface area (Å²) in [4.78, 5) is 29.9. The molecule has 3 rings (SSSR count). The standard InChI is InChI=1S/C20H25N3O3S/c1-26-20(25)16-4-2-5-17(14-16)21-19(24)15-23-11-9-22(10-12-23)8-7-18-6-3-13-27-18/h2-6,13-14H,7-12,15H2,1H3,(H,21,24). The molecule has 1 N–H and O–H groups in total. The van der Waals surface area contributed by atoms with Gasteiger partial charge in [0.05, 0.1) is 19.2 Å². The SMILES string of the molecule is COC(=O)c1cccc(NC(=O)CN2CCN(CCc3cccs3)CC2)c1. The maximum absolute atomic E-state index is 12.3. The van der Waals surface area contributed by atoms with Gasteiger partial charge in [-0.2, -0.15) is 0 Å². The fourth-order valence-corrected chi connectivity index (χ4v) is 3.84. The third-order valence-electron chi connectivity index (χ3n) is 4.65. The van der Waals surface area contributed by atoms with Gasteiger partial charge in [0.25, 0.3) is 0 Å². The Morgan fingerprint density at radius 3 is 2.59 bits per heavy atom. The van der Waals surface area contributed by atoms with E-state index in [0.717, 1.165) is 39.1 Å². The first-order valence-electron chi connectivity index (χ1n) is 9.09. The Bertz CT molecular complexity index is 756. The van der Waals surface area contributed by atoms with Gasteiger partial charge in [-0.25, -0.2) is 4.79 Å². The third kappa shape index (κ3) is 5.89. The van der Waals surface area contributed by atoms with E-state index in [4.69, 9.17) is 4.74 Å². The molecule has 0 atom stereocenters. The molecule has 27 heavy (non-hydrogen) atoms. The summed E-state index contributed by atoms with van der Waals surface area (Å²) < 4.78 is 4.71. The van der Waals surface area contributed by atoms with E-state index < -0.39 is 5.97 Å². The molecule has 1 saturated heterocycles. The molecule has 0 unspecified atom stereocenters. The van der Waals surface area contributed by atoms with E-state index in [1.54, 1.807) is 35.6 Å². The van der Waals surface area contributed by atoms with Crippen molar-refractivity contribution in [2.75, 3.05) is 51.7 Å². The third-order valence-corrected chi connectivity index (χ3v) is 5.59. The summed E-state index contributed by atoms with van der Waals surface area (Å²) in [6.45, 7) is 5.18. The van der Waals surface area contributed by atoms with E-state index in [2.05, 4.69) is 32.6 Å². The summed E-state index contributed by atoms with van der Waals surface area (Å²) >= 11 is 1.81. The first-order valence-corrected chi connectivity index (χ1v) is 9.97. The lowest BCUT2D eigenvalue weighted by Gasteiger charge is -2.34. The number of methoxy groups -OCH3 is 1. The Morgan fingerprint density at radius 1 is 1.11 bits per heavy atom. The van der Waals surface area contributed by atoms with Crippen LogP contribution in [0.25, 0.3) is 0 Å². The van der Waals surface area contributed by atoms with Crippen LogP contribution < -0.4 is 5.32 Å². The van der Waals surface area contributed by atoms with Crippen LogP contribution in [0.2, 0.25) is 0 Å². The van der Waals surface area contributed by atoms with Crippen LogP contribution in [0.3, 0.4) is 0 Å². The maximum atomic E-state index is 12.3. The van der Waals surface area contributed by atoms with Gasteiger partial charge < -0.3 is 15.0 Å². The van der Waals surface area contributed by atoms with Gasteiger partial charge in [-0.3, -0.25) is 9.69 Å². The zero-order chi connectivity index (χ0) is 19.1. The molecule has 0 saturated carbocycles. The number of nitrogens with one attached hydrogen (secondary N) is 1. The van der Waals surface area contributed by atoms with Crippen molar-refractivity contribution in [1.82, 2.24) is 9.80 Å². The first kappa shape index (κ1) is 19.5. The van der Waals surface area contributed by atoms with Gasteiger partial charge in [0.2, 0.25) is 5.91 Å². The Labute approximate surface area is 163 Å². The molecule has 144 valence electrons. The highest BCUT2D eigenvalue weighted by atomic mass is 32.1. The zero-order valence-corrected chi connectivity index (χ0v) is 16.3. The Hall–Kier alpha value is -2.22. The predicted molar refractivity (Wildman–Crippen MR) is 107 cm³/mol. The summed E-state index contributed by atoms with van der Waals surface area (Å²) in [5, 5.41) is 4.98. The largest absolute Gasteiger partial charge is 0.465 e. The Balaban J connectivity index is 1.41. The lowest BCUT2D eigenvalue weighted by molar-refractivity contribution is -0.117. The minimum atomic E-state index is -0.412. The molecule has 6 nitrogen and oxygen atoms in total. The van der Waals surface area contributed by atoms with Crippen molar-refractivity contribution in [2.24, 2.45) is 0 Å². The number of hydrogen-bond acceptors (Lipinski definition) is 6. The lowest BCUT2D eigenvalue weighted by atomic mass is 10.2. The molecule has 1 aromatic heterocycles. The number of anilines is 1. The van der Waals surface area contributed by atoms with E-state index in [0.29, 0.717) is 17.8 Å². The smallest absolute Gasteiger partial charge is 0.337 e. The summed E-state index contributed by atoms with van der Waals surface area (Å²) in [6.07, 6.45) is 1.09. The normalized spacial score (nSPS) is 15.4. The molecule has 1 fully saturated rings. The van der Waals surface area contributed by atoms with E-state index in [9.17, 15) is 9.59 Å². The maximum Gasteiger partial charge on any atom is 0.337 e. The first-order chi connectivity index (χ1) is 13.1. The summed E-state index contributed by atoms with van der Waals surface area (Å²) in [5.74, 6) is -0.478. The van der Waals surface area contributed by atoms with Crippen molar-refractivity contribution < 1.29 is 14.3 Å². The van der Waals surface area contributed by atoms with Gasteiger partial charge in [0.15, 0.2) is 0 Å². The number of carbonyl (C=O) groups is 2. The van der Waals surface area contributed by atoms with Crippen LogP contribution in [0.4, 0.5) is 5.69 Å². The fourth-order valence-electron chi connectivity index (χ4n) is 3.14. The number of thiophene rings is 1. The molecule has 2 heterocycles. The number of esters is 1. The second kappa shape index (κ2) is 9.64. The fraction of sp³-hybridized carbons (Fsp3) is 0.400. The van der Waals surface area contributed by atoms with E-state index >= 15 is 0 Å². The average molecular weight is 388 g/mol. The van der Waals surface area contributed by atoms with Crippen LogP contribution in [-0.2, 0) is 16.0 Å². The molecular weight excluding hydrogens is 362 g/mol. The van der Waals surface area contributed by atoms with Crippen LogP contribution in [0, 0.1) is 0 Å². The van der Waals surface area contributed by atoms with Crippen molar-refractivity contribution in [3.05, 3.63) is 52.2 Å². The molecule has 0 spiro atoms. The topological polar surface area (TPSA) is 61.9 Å². The molecule has 0 bridgehead atoms. The molecule has 7 heteroatoms. The minimum absolute atomic E-state index is 0.0657. The number of rotatable bonds is 7. The summed E-state index contributed by atoms with van der Waals surface area (Å²) in [5.41, 5.74) is 1.03. The summed E-state index contributed by atoms with van der Waals surface area (Å²) in [6, 6.07) is 11.1.